The van der Waals surface area contributed by atoms with E-state index in [1.54, 1.807) is 38.1 Å². The van der Waals surface area contributed by atoms with Crippen LogP contribution in [0.1, 0.15) is 54.5 Å². The van der Waals surface area contributed by atoms with Crippen LogP contribution in [0.15, 0.2) is 30.3 Å². The first kappa shape index (κ1) is 19.5. The lowest BCUT2D eigenvalue weighted by Crippen LogP contribution is -2.40. The number of carbonyl (C=O) groups excluding carboxylic acids is 2. The molecule has 0 spiro atoms. The van der Waals surface area contributed by atoms with Crippen LogP contribution in [-0.4, -0.2) is 28.5 Å². The third-order valence-electron chi connectivity index (χ3n) is 4.71. The largest absolute Gasteiger partial charge is 0.476 e. The molecule has 1 aromatic carbocycles. The molecule has 27 heavy (non-hydrogen) atoms. The summed E-state index contributed by atoms with van der Waals surface area (Å²) in [5, 5.41) is 0.581. The fourth-order valence-corrected chi connectivity index (χ4v) is 3.30. The zero-order chi connectivity index (χ0) is 19.8. The molecule has 0 bridgehead atoms. The Kier molecular flexibility index (Phi) is 5.33. The molecule has 0 N–H and O–H groups in total. The summed E-state index contributed by atoms with van der Waals surface area (Å²) in [7, 11) is 0. The summed E-state index contributed by atoms with van der Waals surface area (Å²) < 4.78 is 13.1. The molecule has 1 aliphatic carbocycles. The highest BCUT2D eigenvalue weighted by molar-refractivity contribution is 6.30. The highest BCUT2D eigenvalue weighted by Crippen LogP contribution is 2.38. The smallest absolute Gasteiger partial charge is 0.350 e. The van der Waals surface area contributed by atoms with Crippen molar-refractivity contribution in [3.8, 4) is 5.75 Å². The van der Waals surface area contributed by atoms with E-state index >= 15 is 0 Å². The van der Waals surface area contributed by atoms with E-state index in [1.165, 1.54) is 0 Å². The number of aromatic nitrogens is 1. The highest BCUT2D eigenvalue weighted by atomic mass is 35.5. The van der Waals surface area contributed by atoms with Crippen molar-refractivity contribution in [1.82, 2.24) is 4.57 Å². The van der Waals surface area contributed by atoms with Crippen molar-refractivity contribution in [2.75, 3.05) is 6.61 Å². The van der Waals surface area contributed by atoms with E-state index in [0.717, 1.165) is 24.2 Å². The maximum atomic E-state index is 12.6. The molecule has 1 heterocycles. The van der Waals surface area contributed by atoms with Gasteiger partial charge in [0.2, 0.25) is 5.78 Å². The van der Waals surface area contributed by atoms with Gasteiger partial charge in [-0.2, -0.15) is 0 Å². The van der Waals surface area contributed by atoms with Gasteiger partial charge in [0.1, 0.15) is 5.75 Å². The number of ether oxygens (including phenoxy) is 2. The summed E-state index contributed by atoms with van der Waals surface area (Å²) in [6.45, 7) is 6.84. The standard InChI is InChI=1S/C21H24ClNO4/c1-13-11-18(14(2)23(13)16-7-8-16)19(24)12-26-20(25)21(3,4)27-17-9-5-15(22)6-10-17/h5-6,9-11,16H,7-8,12H2,1-4H3. The van der Waals surface area contributed by atoms with E-state index in [-0.39, 0.29) is 12.4 Å². The van der Waals surface area contributed by atoms with Crippen LogP contribution in [0.4, 0.5) is 0 Å². The fourth-order valence-electron chi connectivity index (χ4n) is 3.18. The third kappa shape index (κ3) is 4.35. The summed E-state index contributed by atoms with van der Waals surface area (Å²) in [5.74, 6) is -0.298. The number of Topliss-reactive ketones (excluding diaryl/α,β-unsaturated/α-hetero) is 1. The van der Waals surface area contributed by atoms with Crippen LogP contribution >= 0.6 is 11.6 Å². The van der Waals surface area contributed by atoms with Gasteiger partial charge in [0.15, 0.2) is 12.2 Å². The first-order valence-corrected chi connectivity index (χ1v) is 9.40. The van der Waals surface area contributed by atoms with Gasteiger partial charge in [0.05, 0.1) is 0 Å². The molecule has 0 saturated heterocycles. The second kappa shape index (κ2) is 7.39. The Morgan fingerprint density at radius 1 is 1.19 bits per heavy atom. The normalized spacial score (nSPS) is 14.1. The minimum atomic E-state index is -1.22. The van der Waals surface area contributed by atoms with Gasteiger partial charge >= 0.3 is 5.97 Å². The maximum absolute atomic E-state index is 12.6. The van der Waals surface area contributed by atoms with Crippen molar-refractivity contribution < 1.29 is 19.1 Å². The molecule has 0 radical (unpaired) electrons. The third-order valence-corrected chi connectivity index (χ3v) is 4.96. The van der Waals surface area contributed by atoms with E-state index in [1.807, 2.05) is 19.9 Å². The van der Waals surface area contributed by atoms with Crippen LogP contribution in [0, 0.1) is 13.8 Å². The van der Waals surface area contributed by atoms with Gasteiger partial charge in [0, 0.05) is 28.0 Å². The van der Waals surface area contributed by atoms with Gasteiger partial charge in [-0.15, -0.1) is 0 Å². The Bertz CT molecular complexity index is 863. The second-order valence-corrected chi connectivity index (χ2v) is 7.89. The number of rotatable bonds is 7. The molecule has 3 rings (SSSR count). The molecule has 0 atom stereocenters. The Hall–Kier alpha value is -2.27. The molecule has 0 amide bonds. The Balaban J connectivity index is 1.61. The first-order chi connectivity index (χ1) is 12.7. The van der Waals surface area contributed by atoms with Crippen molar-refractivity contribution in [3.63, 3.8) is 0 Å². The van der Waals surface area contributed by atoms with Crippen molar-refractivity contribution in [2.45, 2.75) is 52.2 Å². The molecule has 0 aliphatic heterocycles. The topological polar surface area (TPSA) is 57.5 Å². The Labute approximate surface area is 164 Å². The molecule has 2 aromatic rings. The Morgan fingerprint density at radius 2 is 1.81 bits per heavy atom. The Morgan fingerprint density at radius 3 is 2.41 bits per heavy atom. The summed E-state index contributed by atoms with van der Waals surface area (Å²) >= 11 is 5.85. The fraction of sp³-hybridized carbons (Fsp3) is 0.429. The molecule has 1 aromatic heterocycles. The molecular formula is C21H24ClNO4. The molecular weight excluding hydrogens is 366 g/mol. The number of nitrogens with zero attached hydrogens (tertiary/aromatic N) is 1. The minimum Gasteiger partial charge on any atom is -0.476 e. The lowest BCUT2D eigenvalue weighted by Gasteiger charge is -2.24. The van der Waals surface area contributed by atoms with Crippen molar-refractivity contribution >= 4 is 23.4 Å². The number of hydrogen-bond acceptors (Lipinski definition) is 4. The molecule has 0 unspecified atom stereocenters. The number of aryl methyl sites for hydroxylation is 1. The zero-order valence-electron chi connectivity index (χ0n) is 16.0. The van der Waals surface area contributed by atoms with Gasteiger partial charge in [-0.1, -0.05) is 11.6 Å². The van der Waals surface area contributed by atoms with E-state index < -0.39 is 11.6 Å². The predicted octanol–water partition coefficient (Wildman–Crippen LogP) is 4.68. The second-order valence-electron chi connectivity index (χ2n) is 7.45. The van der Waals surface area contributed by atoms with Crippen LogP contribution < -0.4 is 4.74 Å². The van der Waals surface area contributed by atoms with Gasteiger partial charge < -0.3 is 14.0 Å². The molecule has 1 aliphatic rings. The van der Waals surface area contributed by atoms with Crippen molar-refractivity contribution in [3.05, 3.63) is 52.3 Å². The summed E-state index contributed by atoms with van der Waals surface area (Å²) in [5.41, 5.74) is 1.39. The lowest BCUT2D eigenvalue weighted by atomic mass is 10.1. The van der Waals surface area contributed by atoms with Crippen LogP contribution in [0.2, 0.25) is 5.02 Å². The van der Waals surface area contributed by atoms with Crippen LogP contribution in [0.3, 0.4) is 0 Å². The quantitative estimate of drug-likeness (QED) is 0.509. The summed E-state index contributed by atoms with van der Waals surface area (Å²) in [6, 6.07) is 9.08. The van der Waals surface area contributed by atoms with Gasteiger partial charge in [-0.05, 0) is 70.9 Å². The highest BCUT2D eigenvalue weighted by Gasteiger charge is 2.33. The minimum absolute atomic E-state index is 0.203. The molecule has 6 heteroatoms. The average Bonchev–Trinajstić information content (AvgIpc) is 3.39. The van der Waals surface area contributed by atoms with E-state index in [4.69, 9.17) is 21.1 Å². The number of hydrogen-bond donors (Lipinski definition) is 0. The first-order valence-electron chi connectivity index (χ1n) is 9.02. The number of benzene rings is 1. The van der Waals surface area contributed by atoms with Crippen molar-refractivity contribution in [1.29, 1.82) is 0 Å². The summed E-state index contributed by atoms with van der Waals surface area (Å²) in [6.07, 6.45) is 2.30. The molecule has 1 saturated carbocycles. The van der Waals surface area contributed by atoms with Gasteiger partial charge in [-0.25, -0.2) is 4.79 Å². The number of esters is 1. The monoisotopic (exact) mass is 389 g/mol. The van der Waals surface area contributed by atoms with Gasteiger partial charge in [0.25, 0.3) is 0 Å². The summed E-state index contributed by atoms with van der Waals surface area (Å²) in [4.78, 5) is 25.0. The van der Waals surface area contributed by atoms with Crippen molar-refractivity contribution in [2.24, 2.45) is 0 Å². The molecule has 1 fully saturated rings. The number of halogens is 1. The maximum Gasteiger partial charge on any atom is 0.350 e. The van der Waals surface area contributed by atoms with Crippen LogP contribution in [0.25, 0.3) is 0 Å². The molecule has 5 nitrogen and oxygen atoms in total. The SMILES string of the molecule is Cc1cc(C(=O)COC(=O)C(C)(C)Oc2ccc(Cl)cc2)c(C)n1C1CC1. The van der Waals surface area contributed by atoms with Crippen LogP contribution in [0.5, 0.6) is 5.75 Å². The number of ketones is 1. The lowest BCUT2D eigenvalue weighted by molar-refractivity contribution is -0.158. The zero-order valence-corrected chi connectivity index (χ0v) is 16.8. The van der Waals surface area contributed by atoms with Gasteiger partial charge in [-0.3, -0.25) is 4.79 Å². The van der Waals surface area contributed by atoms with E-state index in [9.17, 15) is 9.59 Å². The molecule has 144 valence electrons. The average molecular weight is 390 g/mol. The van der Waals surface area contributed by atoms with Crippen LogP contribution in [-0.2, 0) is 9.53 Å². The van der Waals surface area contributed by atoms with E-state index in [2.05, 4.69) is 4.57 Å². The number of carbonyl (C=O) groups is 2. The van der Waals surface area contributed by atoms with E-state index in [0.29, 0.717) is 22.4 Å². The predicted molar refractivity (Wildman–Crippen MR) is 104 cm³/mol.